The smallest absolute Gasteiger partial charge is 0.146 e. The van der Waals surface area contributed by atoms with Gasteiger partial charge in [0, 0.05) is 25.7 Å². The predicted molar refractivity (Wildman–Crippen MR) is 73.5 cm³/mol. The molecule has 1 atom stereocenters. The first-order valence-electron chi connectivity index (χ1n) is 6.46. The van der Waals surface area contributed by atoms with Crippen LogP contribution < -0.4 is 10.2 Å². The fraction of sp³-hybridized carbons (Fsp3) is 0.571. The minimum Gasteiger partial charge on any atom is -0.368 e. The van der Waals surface area contributed by atoms with E-state index in [-0.39, 0.29) is 5.82 Å². The molecule has 1 unspecified atom stereocenters. The van der Waals surface area contributed by atoms with E-state index in [2.05, 4.69) is 29.2 Å². The Morgan fingerprint density at radius 3 is 2.78 bits per heavy atom. The van der Waals surface area contributed by atoms with Gasteiger partial charge in [-0.05, 0) is 45.3 Å². The van der Waals surface area contributed by atoms with Crippen LogP contribution in [0.1, 0.15) is 12.0 Å². The van der Waals surface area contributed by atoms with Crippen molar-refractivity contribution in [3.05, 3.63) is 29.6 Å². The maximum atomic E-state index is 14.1. The van der Waals surface area contributed by atoms with Crippen molar-refractivity contribution in [2.75, 3.05) is 39.1 Å². The fourth-order valence-electron chi connectivity index (χ4n) is 2.50. The van der Waals surface area contributed by atoms with E-state index in [1.54, 1.807) is 6.07 Å². The minimum atomic E-state index is -0.109. The van der Waals surface area contributed by atoms with Crippen LogP contribution in [0, 0.1) is 5.82 Å². The Kier molecular flexibility index (Phi) is 4.19. The first-order chi connectivity index (χ1) is 8.61. The highest BCUT2D eigenvalue weighted by molar-refractivity contribution is 5.50. The number of likely N-dealkylation sites (N-methyl/N-ethyl adjacent to an activating group) is 1. The molecule has 1 aliphatic rings. The summed E-state index contributed by atoms with van der Waals surface area (Å²) in [6, 6.07) is 6.06. The average molecular weight is 251 g/mol. The molecule has 1 saturated heterocycles. The molecule has 2 rings (SSSR count). The predicted octanol–water partition coefficient (Wildman–Crippen LogP) is 1.69. The number of hydrogen-bond donors (Lipinski definition) is 1. The van der Waals surface area contributed by atoms with Gasteiger partial charge >= 0.3 is 0 Å². The van der Waals surface area contributed by atoms with Crippen LogP contribution in [-0.2, 0) is 6.54 Å². The normalized spacial score (nSPS) is 19.8. The summed E-state index contributed by atoms with van der Waals surface area (Å²) in [5.74, 6) is -0.109. The highest BCUT2D eigenvalue weighted by Gasteiger charge is 2.25. The van der Waals surface area contributed by atoms with Crippen LogP contribution in [0.25, 0.3) is 0 Å². The van der Waals surface area contributed by atoms with Gasteiger partial charge in [-0.2, -0.15) is 0 Å². The van der Waals surface area contributed by atoms with Gasteiger partial charge in [0.1, 0.15) is 5.82 Å². The van der Waals surface area contributed by atoms with Crippen molar-refractivity contribution in [1.29, 1.82) is 0 Å². The summed E-state index contributed by atoms with van der Waals surface area (Å²) in [7, 11) is 6.04. The molecule has 18 heavy (non-hydrogen) atoms. The molecule has 1 fully saturated rings. The summed E-state index contributed by atoms with van der Waals surface area (Å²) in [6.45, 7) is 2.55. The van der Waals surface area contributed by atoms with E-state index in [4.69, 9.17) is 0 Å². The Balaban J connectivity index is 2.10. The lowest BCUT2D eigenvalue weighted by molar-refractivity contribution is 0.315. The van der Waals surface area contributed by atoms with Gasteiger partial charge in [0.2, 0.25) is 0 Å². The molecular weight excluding hydrogens is 229 g/mol. The summed E-state index contributed by atoms with van der Waals surface area (Å²) in [6.07, 6.45) is 1.10. The second kappa shape index (κ2) is 5.67. The van der Waals surface area contributed by atoms with Gasteiger partial charge in [0.05, 0.1) is 5.69 Å². The van der Waals surface area contributed by atoms with Crippen molar-refractivity contribution in [1.82, 2.24) is 10.2 Å². The Morgan fingerprint density at radius 2 is 2.22 bits per heavy atom. The van der Waals surface area contributed by atoms with Gasteiger partial charge in [-0.3, -0.25) is 0 Å². The molecule has 0 aromatic heterocycles. The standard InChI is InChI=1S/C14H22FN3/c1-16-9-11-4-5-14(13(15)8-11)18-7-6-12(10-18)17(2)3/h4-5,8,12,16H,6-7,9-10H2,1-3H3. The van der Waals surface area contributed by atoms with Gasteiger partial charge in [-0.25, -0.2) is 4.39 Å². The molecule has 1 heterocycles. The molecule has 0 radical (unpaired) electrons. The summed E-state index contributed by atoms with van der Waals surface area (Å²) in [5, 5.41) is 3.04. The number of benzene rings is 1. The fourth-order valence-corrected chi connectivity index (χ4v) is 2.50. The summed E-state index contributed by atoms with van der Waals surface area (Å²) in [4.78, 5) is 4.36. The Morgan fingerprint density at radius 1 is 1.44 bits per heavy atom. The Labute approximate surface area is 109 Å². The topological polar surface area (TPSA) is 18.5 Å². The van der Waals surface area contributed by atoms with Gasteiger partial charge < -0.3 is 15.1 Å². The van der Waals surface area contributed by atoms with Crippen LogP contribution in [0.3, 0.4) is 0 Å². The van der Waals surface area contributed by atoms with E-state index < -0.39 is 0 Å². The number of hydrogen-bond acceptors (Lipinski definition) is 3. The lowest BCUT2D eigenvalue weighted by Gasteiger charge is -2.22. The highest BCUT2D eigenvalue weighted by atomic mass is 19.1. The van der Waals surface area contributed by atoms with Crippen LogP contribution in [0.2, 0.25) is 0 Å². The van der Waals surface area contributed by atoms with Crippen molar-refractivity contribution in [2.24, 2.45) is 0 Å². The van der Waals surface area contributed by atoms with Gasteiger partial charge in [-0.15, -0.1) is 0 Å². The number of nitrogens with zero attached hydrogens (tertiary/aromatic N) is 2. The van der Waals surface area contributed by atoms with Crippen LogP contribution in [0.4, 0.5) is 10.1 Å². The first kappa shape index (κ1) is 13.3. The van der Waals surface area contributed by atoms with E-state index in [0.29, 0.717) is 12.6 Å². The monoisotopic (exact) mass is 251 g/mol. The van der Waals surface area contributed by atoms with Crippen LogP contribution >= 0.6 is 0 Å². The van der Waals surface area contributed by atoms with Gasteiger partial charge in [-0.1, -0.05) is 6.07 Å². The molecule has 0 aliphatic carbocycles. The third-order valence-corrected chi connectivity index (χ3v) is 3.63. The lowest BCUT2D eigenvalue weighted by atomic mass is 10.2. The van der Waals surface area contributed by atoms with Gasteiger partial charge in [0.15, 0.2) is 0 Å². The first-order valence-corrected chi connectivity index (χ1v) is 6.46. The summed E-state index contributed by atoms with van der Waals surface area (Å²) < 4.78 is 14.1. The van der Waals surface area contributed by atoms with E-state index in [0.717, 1.165) is 30.8 Å². The number of halogens is 1. The maximum Gasteiger partial charge on any atom is 0.146 e. The van der Waals surface area contributed by atoms with Crippen LogP contribution in [0.15, 0.2) is 18.2 Å². The summed E-state index contributed by atoms with van der Waals surface area (Å²) >= 11 is 0. The van der Waals surface area contributed by atoms with E-state index >= 15 is 0 Å². The molecule has 100 valence electrons. The van der Waals surface area contributed by atoms with Crippen LogP contribution in [0.5, 0.6) is 0 Å². The van der Waals surface area contributed by atoms with Crippen molar-refractivity contribution in [2.45, 2.75) is 19.0 Å². The third-order valence-electron chi connectivity index (χ3n) is 3.63. The highest BCUT2D eigenvalue weighted by Crippen LogP contribution is 2.25. The third kappa shape index (κ3) is 2.82. The number of rotatable bonds is 4. The number of anilines is 1. The summed E-state index contributed by atoms with van der Waals surface area (Å²) in [5.41, 5.74) is 1.72. The Bertz CT molecular complexity index is 406. The van der Waals surface area contributed by atoms with E-state index in [1.165, 1.54) is 0 Å². The second-order valence-electron chi connectivity index (χ2n) is 5.17. The molecule has 1 aromatic carbocycles. The molecule has 0 bridgehead atoms. The van der Waals surface area contributed by atoms with Gasteiger partial charge in [0.25, 0.3) is 0 Å². The molecule has 0 spiro atoms. The van der Waals surface area contributed by atoms with Crippen molar-refractivity contribution >= 4 is 5.69 Å². The van der Waals surface area contributed by atoms with E-state index in [9.17, 15) is 4.39 Å². The Hall–Kier alpha value is -1.13. The SMILES string of the molecule is CNCc1ccc(N2CCC(N(C)C)C2)c(F)c1. The van der Waals surface area contributed by atoms with Crippen molar-refractivity contribution < 1.29 is 4.39 Å². The molecular formula is C14H22FN3. The van der Waals surface area contributed by atoms with Crippen LogP contribution in [-0.4, -0.2) is 45.2 Å². The quantitative estimate of drug-likeness (QED) is 0.878. The minimum absolute atomic E-state index is 0.109. The average Bonchev–Trinajstić information content (AvgIpc) is 2.79. The maximum absolute atomic E-state index is 14.1. The number of nitrogens with one attached hydrogen (secondary N) is 1. The molecule has 0 amide bonds. The zero-order valence-corrected chi connectivity index (χ0v) is 11.4. The molecule has 1 aliphatic heterocycles. The van der Waals surface area contributed by atoms with Crippen molar-refractivity contribution in [3.8, 4) is 0 Å². The van der Waals surface area contributed by atoms with Crippen molar-refractivity contribution in [3.63, 3.8) is 0 Å². The zero-order chi connectivity index (χ0) is 13.1. The zero-order valence-electron chi connectivity index (χ0n) is 11.4. The van der Waals surface area contributed by atoms with E-state index in [1.807, 2.05) is 19.2 Å². The second-order valence-corrected chi connectivity index (χ2v) is 5.17. The molecule has 3 nitrogen and oxygen atoms in total. The molecule has 4 heteroatoms. The lowest BCUT2D eigenvalue weighted by Crippen LogP contribution is -2.31. The molecule has 1 aromatic rings. The molecule has 0 saturated carbocycles. The largest absolute Gasteiger partial charge is 0.368 e. The molecule has 1 N–H and O–H groups in total.